The summed E-state index contributed by atoms with van der Waals surface area (Å²) in [4.78, 5) is 0. The van der Waals surface area contributed by atoms with E-state index >= 15 is 0 Å². The summed E-state index contributed by atoms with van der Waals surface area (Å²) in [5.74, 6) is 0.350. The first-order valence-electron chi connectivity index (χ1n) is 5.06. The molecule has 2 N–H and O–H groups in total. The van der Waals surface area contributed by atoms with E-state index in [-0.39, 0.29) is 166 Å². The molecule has 0 spiro atoms. The Hall–Kier alpha value is 2.89. The second-order valence-corrected chi connectivity index (χ2v) is 3.32. The van der Waals surface area contributed by atoms with Crippen LogP contribution in [-0.2, 0) is 0 Å². The van der Waals surface area contributed by atoms with Crippen LogP contribution in [0.4, 0.5) is 0 Å². The Morgan fingerprint density at radius 1 is 0.619 bits per heavy atom. The molecule has 9 heteroatoms. The minimum Gasteiger partial charge on any atom is -0.907 e. The van der Waals surface area contributed by atoms with Gasteiger partial charge in [-0.25, -0.2) is 0 Å². The Bertz CT molecular complexity index is 468. The molecular weight excluding hydrogens is 352 g/mol. The van der Waals surface area contributed by atoms with Gasteiger partial charge in [0.15, 0.2) is 0 Å². The predicted octanol–water partition coefficient (Wildman–Crippen LogP) is -10.2. The fourth-order valence-corrected chi connectivity index (χ4v) is 1.40. The average Bonchev–Trinajstić information content (AvgIpc) is 2.30. The van der Waals surface area contributed by atoms with Crippen LogP contribution in [0, 0.1) is 0 Å². The maximum absolute atomic E-state index is 9.58. The summed E-state index contributed by atoms with van der Waals surface area (Å²) in [6, 6.07) is 13.9. The fraction of sp³-hybridized carbons (Fsp3) is 0. The number of rotatable bonds is 1. The number of benzene rings is 2. The third-order valence-electron chi connectivity index (χ3n) is 2.10. The van der Waals surface area contributed by atoms with Gasteiger partial charge in [-0.2, -0.15) is 0 Å². The first-order valence-corrected chi connectivity index (χ1v) is 5.06. The minimum atomic E-state index is -2.92. The zero-order valence-electron chi connectivity index (χ0n) is 12.3. The zero-order chi connectivity index (χ0) is 13.5. The van der Waals surface area contributed by atoms with Gasteiger partial charge in [0.2, 0.25) is 0 Å². The Labute approximate surface area is 251 Å². The molecule has 2 aromatic carbocycles. The second-order valence-electron chi connectivity index (χ2n) is 3.32. The van der Waals surface area contributed by atoms with Crippen LogP contribution < -0.4 is 169 Å². The first kappa shape index (κ1) is 28.7. The summed E-state index contributed by atoms with van der Waals surface area (Å²) in [7, 11) is -2.92. The smallest absolute Gasteiger partial charge is 0.907 e. The van der Waals surface area contributed by atoms with Gasteiger partial charge in [-0.15, -0.1) is 0 Å². The van der Waals surface area contributed by atoms with Crippen LogP contribution in [0.1, 0.15) is 0 Å². The molecule has 0 bridgehead atoms. The van der Waals surface area contributed by atoms with Crippen molar-refractivity contribution in [3.05, 3.63) is 48.5 Å². The number of hydrogen-bond acceptors (Lipinski definition) is 5. The van der Waals surface area contributed by atoms with Crippen molar-refractivity contribution in [1.29, 1.82) is 0 Å². The van der Waals surface area contributed by atoms with Gasteiger partial charge in [-0.1, -0.05) is 36.4 Å². The third-order valence-corrected chi connectivity index (χ3v) is 2.10. The van der Waals surface area contributed by atoms with Gasteiger partial charge < -0.3 is 25.3 Å². The van der Waals surface area contributed by atoms with E-state index in [0.717, 1.165) is 0 Å². The van der Waals surface area contributed by atoms with Crippen LogP contribution in [0.5, 0.6) is 11.5 Å². The summed E-state index contributed by atoms with van der Waals surface area (Å²) >= 11 is 0. The van der Waals surface area contributed by atoms with Gasteiger partial charge >= 0.3 is 154 Å². The number of para-hydroxylation sites is 2. The van der Waals surface area contributed by atoms with Gasteiger partial charge in [0.05, 0.1) is 0 Å². The maximum atomic E-state index is 9.58. The van der Waals surface area contributed by atoms with E-state index in [1.165, 1.54) is 0 Å². The molecule has 0 aliphatic carbocycles. The van der Waals surface area contributed by atoms with Gasteiger partial charge in [0.25, 0.3) is 0 Å². The second kappa shape index (κ2) is 16.4. The van der Waals surface area contributed by atoms with Crippen LogP contribution in [0.3, 0.4) is 0 Å². The summed E-state index contributed by atoms with van der Waals surface area (Å²) < 4.78 is 0. The monoisotopic (exact) mass is 362 g/mol. The number of hydrogen-bond donors (Lipinski definition) is 2. The number of aromatic hydroxyl groups is 2. The van der Waals surface area contributed by atoms with Crippen LogP contribution in [0.15, 0.2) is 48.5 Å². The molecule has 0 fully saturated rings. The molecule has 2 aromatic rings. The molecule has 0 aliphatic heterocycles. The standard InChI is InChI=1S/C12H10O2.BO3.3K/c13-11-7-3-1-5-9(11)10-6-2-4-8-12(10)14;2-1(3)4;;;/h1-8,13-14H;;;;/q;-3;3*+1. The van der Waals surface area contributed by atoms with Gasteiger partial charge in [-0.05, 0) is 12.1 Å². The predicted molar refractivity (Wildman–Crippen MR) is 61.0 cm³/mol. The molecule has 0 unspecified atom stereocenters. The Kier molecular flexibility index (Phi) is 22.4. The molecule has 0 aliphatic rings. The van der Waals surface area contributed by atoms with Crippen molar-refractivity contribution in [2.24, 2.45) is 0 Å². The first-order chi connectivity index (χ1) is 8.52. The molecular formula is C12H10BK3O5. The zero-order valence-corrected chi connectivity index (χ0v) is 21.7. The van der Waals surface area contributed by atoms with Gasteiger partial charge in [0.1, 0.15) is 11.5 Å². The largest absolute Gasteiger partial charge is 1.00 e. The van der Waals surface area contributed by atoms with Crippen molar-refractivity contribution in [1.82, 2.24) is 0 Å². The molecule has 21 heavy (non-hydrogen) atoms. The molecule has 5 nitrogen and oxygen atoms in total. The fourth-order valence-electron chi connectivity index (χ4n) is 1.40. The maximum Gasteiger partial charge on any atom is 1.00 e. The van der Waals surface area contributed by atoms with E-state index in [9.17, 15) is 10.2 Å². The van der Waals surface area contributed by atoms with Crippen molar-refractivity contribution in [2.45, 2.75) is 0 Å². The average molecular weight is 362 g/mol. The molecule has 2 rings (SSSR count). The molecule has 0 aromatic heterocycles. The van der Waals surface area contributed by atoms with E-state index in [2.05, 4.69) is 0 Å². The van der Waals surface area contributed by atoms with E-state index in [1.54, 1.807) is 36.4 Å². The Morgan fingerprint density at radius 2 is 0.857 bits per heavy atom. The third kappa shape index (κ3) is 12.0. The normalized spacial score (nSPS) is 7.95. The number of phenolic OH excluding ortho intramolecular Hbond substituents is 2. The molecule has 94 valence electrons. The Balaban J connectivity index is -0.000000417. The van der Waals surface area contributed by atoms with Crippen molar-refractivity contribution in [3.63, 3.8) is 0 Å². The molecule has 0 saturated heterocycles. The summed E-state index contributed by atoms with van der Waals surface area (Å²) in [5, 5.41) is 44.4. The molecule has 0 heterocycles. The Morgan fingerprint density at radius 3 is 1.10 bits per heavy atom. The van der Waals surface area contributed by atoms with Crippen molar-refractivity contribution in [3.8, 4) is 22.6 Å². The molecule has 0 radical (unpaired) electrons. The van der Waals surface area contributed by atoms with Crippen LogP contribution in [-0.4, -0.2) is 17.5 Å². The van der Waals surface area contributed by atoms with Crippen molar-refractivity contribution in [2.75, 3.05) is 0 Å². The minimum absolute atomic E-state index is 0. The molecule has 0 amide bonds. The quantitative estimate of drug-likeness (QED) is 0.490. The van der Waals surface area contributed by atoms with E-state index in [4.69, 9.17) is 15.1 Å². The SMILES string of the molecule is Oc1ccccc1-c1ccccc1O.[K+].[K+].[K+].[O-]B([O-])[O-]. The molecule has 0 saturated carbocycles. The van der Waals surface area contributed by atoms with E-state index in [1.807, 2.05) is 12.1 Å². The summed E-state index contributed by atoms with van der Waals surface area (Å²) in [6.07, 6.45) is 0. The topological polar surface area (TPSA) is 110 Å². The van der Waals surface area contributed by atoms with Gasteiger partial charge in [-0.3, -0.25) is 7.32 Å². The van der Waals surface area contributed by atoms with Gasteiger partial charge in [0, 0.05) is 11.1 Å². The summed E-state index contributed by atoms with van der Waals surface area (Å²) in [6.45, 7) is 0. The molecule has 0 atom stereocenters. The van der Waals surface area contributed by atoms with Crippen LogP contribution >= 0.6 is 0 Å². The van der Waals surface area contributed by atoms with Crippen LogP contribution in [0.2, 0.25) is 0 Å². The van der Waals surface area contributed by atoms with Crippen molar-refractivity contribution >= 4 is 7.32 Å². The van der Waals surface area contributed by atoms with Crippen LogP contribution in [0.25, 0.3) is 11.1 Å². The summed E-state index contributed by atoms with van der Waals surface area (Å²) in [5.41, 5.74) is 1.29. The van der Waals surface area contributed by atoms with E-state index in [0.29, 0.717) is 11.1 Å². The van der Waals surface area contributed by atoms with Crippen molar-refractivity contribution < 1.29 is 179 Å². The van der Waals surface area contributed by atoms with E-state index < -0.39 is 7.32 Å². The number of phenols is 2.